The fourth-order valence-corrected chi connectivity index (χ4v) is 4.22. The van der Waals surface area contributed by atoms with Crippen LogP contribution >= 0.6 is 7.60 Å². The van der Waals surface area contributed by atoms with Gasteiger partial charge in [0, 0.05) is 11.8 Å². The standard InChI is InChI=1S/C17H19F3NO3P/c1-3-23-25(22,24-4-2)17(12-5-7-13(18)8-6-12)21-14-9-10-15(19)16(20)11-14/h5-11,17,21H,3-4H2,1-2H3. The van der Waals surface area contributed by atoms with E-state index in [9.17, 15) is 17.7 Å². The lowest BCUT2D eigenvalue weighted by molar-refractivity contribution is 0.214. The Bertz CT molecular complexity index is 745. The second kappa shape index (κ2) is 8.52. The van der Waals surface area contributed by atoms with E-state index in [2.05, 4.69) is 5.32 Å². The summed E-state index contributed by atoms with van der Waals surface area (Å²) in [5.74, 6) is -3.52. The molecule has 0 heterocycles. The minimum absolute atomic E-state index is 0.119. The molecule has 0 spiro atoms. The van der Waals surface area contributed by atoms with Crippen molar-refractivity contribution in [2.24, 2.45) is 0 Å². The van der Waals surface area contributed by atoms with E-state index in [4.69, 9.17) is 9.05 Å². The topological polar surface area (TPSA) is 47.6 Å². The summed E-state index contributed by atoms with van der Waals surface area (Å²) in [6, 6.07) is 8.46. The molecule has 1 N–H and O–H groups in total. The monoisotopic (exact) mass is 373 g/mol. The van der Waals surface area contributed by atoms with Crippen LogP contribution < -0.4 is 5.32 Å². The zero-order valence-electron chi connectivity index (χ0n) is 13.8. The third-order valence-corrected chi connectivity index (χ3v) is 5.64. The summed E-state index contributed by atoms with van der Waals surface area (Å²) in [6.45, 7) is 3.55. The van der Waals surface area contributed by atoms with E-state index in [1.807, 2.05) is 0 Å². The number of halogens is 3. The van der Waals surface area contributed by atoms with Crippen LogP contribution in [0.4, 0.5) is 18.9 Å². The summed E-state index contributed by atoms with van der Waals surface area (Å²) in [5, 5.41) is 2.85. The molecule has 0 amide bonds. The molecule has 2 rings (SSSR count). The summed E-state index contributed by atoms with van der Waals surface area (Å²) in [6.07, 6.45) is 0. The first-order valence-corrected chi connectivity index (χ1v) is 9.36. The number of hydrogen-bond donors (Lipinski definition) is 1. The van der Waals surface area contributed by atoms with Crippen molar-refractivity contribution in [1.29, 1.82) is 0 Å². The van der Waals surface area contributed by atoms with Crippen LogP contribution in [0.2, 0.25) is 0 Å². The van der Waals surface area contributed by atoms with Gasteiger partial charge in [-0.2, -0.15) is 0 Å². The molecular weight excluding hydrogens is 354 g/mol. The Hall–Kier alpha value is -1.82. The zero-order valence-corrected chi connectivity index (χ0v) is 14.7. The molecule has 8 heteroatoms. The predicted octanol–water partition coefficient (Wildman–Crippen LogP) is 5.48. The molecule has 0 aliphatic heterocycles. The first kappa shape index (κ1) is 19.5. The van der Waals surface area contributed by atoms with Crippen molar-refractivity contribution < 1.29 is 26.8 Å². The van der Waals surface area contributed by atoms with Gasteiger partial charge in [0.15, 0.2) is 17.4 Å². The molecule has 0 aliphatic carbocycles. The quantitative estimate of drug-likeness (QED) is 0.623. The Balaban J connectivity index is 2.45. The van der Waals surface area contributed by atoms with Crippen LogP contribution in [0.25, 0.3) is 0 Å². The van der Waals surface area contributed by atoms with Gasteiger partial charge in [0.05, 0.1) is 13.2 Å². The Morgan fingerprint density at radius 1 is 0.960 bits per heavy atom. The lowest BCUT2D eigenvalue weighted by Crippen LogP contribution is -2.15. The molecule has 0 aliphatic rings. The minimum atomic E-state index is -3.71. The van der Waals surface area contributed by atoms with Gasteiger partial charge in [-0.3, -0.25) is 4.57 Å². The normalized spacial score (nSPS) is 12.8. The maximum absolute atomic E-state index is 13.5. The van der Waals surface area contributed by atoms with E-state index in [1.165, 1.54) is 30.3 Å². The van der Waals surface area contributed by atoms with Crippen molar-refractivity contribution in [3.63, 3.8) is 0 Å². The highest BCUT2D eigenvalue weighted by molar-refractivity contribution is 7.54. The SMILES string of the molecule is CCOP(=O)(OCC)C(Nc1ccc(F)c(F)c1)c1ccc(F)cc1. The maximum atomic E-state index is 13.5. The Morgan fingerprint density at radius 3 is 2.08 bits per heavy atom. The van der Waals surface area contributed by atoms with Crippen molar-refractivity contribution in [3.05, 3.63) is 65.5 Å². The fourth-order valence-electron chi connectivity index (χ4n) is 2.28. The smallest absolute Gasteiger partial charge is 0.357 e. The first-order valence-electron chi connectivity index (χ1n) is 7.75. The highest BCUT2D eigenvalue weighted by atomic mass is 31.2. The maximum Gasteiger partial charge on any atom is 0.357 e. The van der Waals surface area contributed by atoms with Gasteiger partial charge in [-0.1, -0.05) is 12.1 Å². The first-order chi connectivity index (χ1) is 11.9. The average Bonchev–Trinajstić information content (AvgIpc) is 2.57. The van der Waals surface area contributed by atoms with Crippen molar-refractivity contribution in [2.45, 2.75) is 19.6 Å². The van der Waals surface area contributed by atoms with Gasteiger partial charge in [-0.05, 0) is 43.7 Å². The lowest BCUT2D eigenvalue weighted by Gasteiger charge is -2.28. The van der Waals surface area contributed by atoms with Crippen molar-refractivity contribution in [2.75, 3.05) is 18.5 Å². The number of rotatable bonds is 8. The van der Waals surface area contributed by atoms with E-state index in [0.29, 0.717) is 5.56 Å². The zero-order chi connectivity index (χ0) is 18.4. The van der Waals surface area contributed by atoms with Crippen molar-refractivity contribution in [3.8, 4) is 0 Å². The van der Waals surface area contributed by atoms with Crippen LogP contribution in [0.3, 0.4) is 0 Å². The average molecular weight is 373 g/mol. The molecule has 0 radical (unpaired) electrons. The molecule has 1 atom stereocenters. The van der Waals surface area contributed by atoms with Gasteiger partial charge >= 0.3 is 7.60 Å². The van der Waals surface area contributed by atoms with E-state index in [0.717, 1.165) is 12.1 Å². The Labute approximate surface area is 144 Å². The van der Waals surface area contributed by atoms with E-state index in [-0.39, 0.29) is 18.9 Å². The number of hydrogen-bond acceptors (Lipinski definition) is 4. The largest absolute Gasteiger partial charge is 0.368 e. The summed E-state index contributed by atoms with van der Waals surface area (Å²) in [5.41, 5.74) is 0.615. The number of benzene rings is 2. The molecular formula is C17H19F3NO3P. The number of nitrogens with one attached hydrogen (secondary N) is 1. The lowest BCUT2D eigenvalue weighted by atomic mass is 10.2. The van der Waals surface area contributed by atoms with Crippen LogP contribution in [-0.4, -0.2) is 13.2 Å². The Morgan fingerprint density at radius 2 is 1.56 bits per heavy atom. The second-order valence-electron chi connectivity index (χ2n) is 5.10. The molecule has 25 heavy (non-hydrogen) atoms. The van der Waals surface area contributed by atoms with Gasteiger partial charge < -0.3 is 14.4 Å². The van der Waals surface area contributed by atoms with Crippen LogP contribution in [0.5, 0.6) is 0 Å². The molecule has 0 saturated heterocycles. The molecule has 2 aromatic carbocycles. The van der Waals surface area contributed by atoms with Gasteiger partial charge in [0.2, 0.25) is 0 Å². The molecule has 0 fully saturated rings. The summed E-state index contributed by atoms with van der Waals surface area (Å²) >= 11 is 0. The van der Waals surface area contributed by atoms with Crippen molar-refractivity contribution in [1.82, 2.24) is 0 Å². The van der Waals surface area contributed by atoms with Gasteiger partial charge in [0.25, 0.3) is 0 Å². The molecule has 136 valence electrons. The molecule has 0 aromatic heterocycles. The second-order valence-corrected chi connectivity index (χ2v) is 7.22. The van der Waals surface area contributed by atoms with E-state index < -0.39 is 30.8 Å². The van der Waals surface area contributed by atoms with E-state index >= 15 is 0 Å². The van der Waals surface area contributed by atoms with Gasteiger partial charge in [0.1, 0.15) is 5.82 Å². The molecule has 0 saturated carbocycles. The third kappa shape index (κ3) is 4.84. The summed E-state index contributed by atoms with van der Waals surface area (Å²) in [4.78, 5) is 0. The molecule has 4 nitrogen and oxygen atoms in total. The molecule has 0 bridgehead atoms. The minimum Gasteiger partial charge on any atom is -0.368 e. The van der Waals surface area contributed by atoms with Gasteiger partial charge in [-0.25, -0.2) is 13.2 Å². The number of anilines is 1. The van der Waals surface area contributed by atoms with Gasteiger partial charge in [-0.15, -0.1) is 0 Å². The highest BCUT2D eigenvalue weighted by Crippen LogP contribution is 2.60. The van der Waals surface area contributed by atoms with Crippen molar-refractivity contribution >= 4 is 13.3 Å². The van der Waals surface area contributed by atoms with Crippen LogP contribution in [-0.2, 0) is 13.6 Å². The fraction of sp³-hybridized carbons (Fsp3) is 0.294. The highest BCUT2D eigenvalue weighted by Gasteiger charge is 2.37. The molecule has 1 unspecified atom stereocenters. The Kier molecular flexibility index (Phi) is 6.64. The predicted molar refractivity (Wildman–Crippen MR) is 90.0 cm³/mol. The third-order valence-electron chi connectivity index (χ3n) is 3.34. The summed E-state index contributed by atoms with van der Waals surface area (Å²) < 4.78 is 63.7. The summed E-state index contributed by atoms with van der Waals surface area (Å²) in [7, 11) is -3.71. The van der Waals surface area contributed by atoms with E-state index in [1.54, 1.807) is 13.8 Å². The van der Waals surface area contributed by atoms with Crippen LogP contribution in [0.15, 0.2) is 42.5 Å². The molecule has 2 aromatic rings. The van der Waals surface area contributed by atoms with Crippen LogP contribution in [0.1, 0.15) is 25.2 Å². The van der Waals surface area contributed by atoms with Crippen LogP contribution in [0, 0.1) is 17.5 Å².